The molecule has 0 aliphatic rings. The Morgan fingerprint density at radius 3 is 2.19 bits per heavy atom. The van der Waals surface area contributed by atoms with Gasteiger partial charge in [0.15, 0.2) is 0 Å². The van der Waals surface area contributed by atoms with Crippen molar-refractivity contribution in [2.45, 2.75) is 0 Å². The SMILES string of the molecule is COc1ccc(-c2cc(=O)oc3cc(OC)ccc23)cc1. The first-order valence-electron chi connectivity index (χ1n) is 6.47. The molecule has 3 rings (SSSR count). The number of ether oxygens (including phenoxy) is 2. The molecule has 0 N–H and O–H groups in total. The summed E-state index contributed by atoms with van der Waals surface area (Å²) in [6, 6.07) is 14.5. The third-order valence-corrected chi connectivity index (χ3v) is 3.35. The molecule has 3 aromatic rings. The third-order valence-electron chi connectivity index (χ3n) is 3.35. The molecule has 0 unspecified atom stereocenters. The quantitative estimate of drug-likeness (QED) is 0.690. The second-order valence-corrected chi connectivity index (χ2v) is 4.57. The van der Waals surface area contributed by atoms with Gasteiger partial charge in [0, 0.05) is 17.5 Å². The minimum atomic E-state index is -0.387. The van der Waals surface area contributed by atoms with Gasteiger partial charge in [-0.3, -0.25) is 0 Å². The maximum absolute atomic E-state index is 11.8. The van der Waals surface area contributed by atoms with Crippen LogP contribution in [0.15, 0.2) is 57.7 Å². The van der Waals surface area contributed by atoms with Gasteiger partial charge >= 0.3 is 5.63 Å². The molecule has 106 valence electrons. The van der Waals surface area contributed by atoms with E-state index in [0.29, 0.717) is 11.3 Å². The van der Waals surface area contributed by atoms with Crippen molar-refractivity contribution in [3.8, 4) is 22.6 Å². The van der Waals surface area contributed by atoms with Gasteiger partial charge in [-0.15, -0.1) is 0 Å². The molecule has 0 aliphatic carbocycles. The minimum absolute atomic E-state index is 0.387. The first-order valence-corrected chi connectivity index (χ1v) is 6.47. The highest BCUT2D eigenvalue weighted by Gasteiger charge is 2.09. The lowest BCUT2D eigenvalue weighted by molar-refractivity contribution is 0.414. The van der Waals surface area contributed by atoms with E-state index in [-0.39, 0.29) is 5.63 Å². The monoisotopic (exact) mass is 282 g/mol. The Morgan fingerprint density at radius 2 is 1.52 bits per heavy atom. The van der Waals surface area contributed by atoms with E-state index in [1.54, 1.807) is 20.3 Å². The number of rotatable bonds is 3. The molecule has 0 fully saturated rings. The molecule has 0 saturated heterocycles. The molecule has 4 heteroatoms. The summed E-state index contributed by atoms with van der Waals surface area (Å²) in [5.74, 6) is 1.42. The summed E-state index contributed by atoms with van der Waals surface area (Å²) < 4.78 is 15.6. The number of methoxy groups -OCH3 is 2. The van der Waals surface area contributed by atoms with Gasteiger partial charge in [-0.2, -0.15) is 0 Å². The summed E-state index contributed by atoms with van der Waals surface area (Å²) in [5.41, 5.74) is 1.87. The highest BCUT2D eigenvalue weighted by Crippen LogP contribution is 2.30. The fourth-order valence-corrected chi connectivity index (χ4v) is 2.28. The van der Waals surface area contributed by atoms with Gasteiger partial charge in [-0.25, -0.2) is 4.79 Å². The topological polar surface area (TPSA) is 48.7 Å². The van der Waals surface area contributed by atoms with Crippen LogP contribution in [0.3, 0.4) is 0 Å². The second kappa shape index (κ2) is 5.32. The summed E-state index contributed by atoms with van der Waals surface area (Å²) in [6.07, 6.45) is 0. The standard InChI is InChI=1S/C17H14O4/c1-19-12-5-3-11(4-6-12)15-10-17(18)21-16-9-13(20-2)7-8-14(15)16/h3-10H,1-2H3. The fourth-order valence-electron chi connectivity index (χ4n) is 2.28. The van der Waals surface area contributed by atoms with Gasteiger partial charge in [0.1, 0.15) is 17.1 Å². The Bertz CT molecular complexity index is 832. The van der Waals surface area contributed by atoms with Gasteiger partial charge in [-0.1, -0.05) is 12.1 Å². The minimum Gasteiger partial charge on any atom is -0.497 e. The molecular weight excluding hydrogens is 268 g/mol. The van der Waals surface area contributed by atoms with E-state index >= 15 is 0 Å². The molecule has 2 aromatic carbocycles. The highest BCUT2D eigenvalue weighted by atomic mass is 16.5. The molecule has 0 aliphatic heterocycles. The largest absolute Gasteiger partial charge is 0.497 e. The van der Waals surface area contributed by atoms with E-state index in [0.717, 1.165) is 22.3 Å². The molecule has 0 spiro atoms. The predicted molar refractivity (Wildman–Crippen MR) is 81.0 cm³/mol. The smallest absolute Gasteiger partial charge is 0.336 e. The maximum Gasteiger partial charge on any atom is 0.336 e. The Kier molecular flexibility index (Phi) is 3.36. The van der Waals surface area contributed by atoms with Crippen molar-refractivity contribution in [1.29, 1.82) is 0 Å². The van der Waals surface area contributed by atoms with Crippen LogP contribution in [0.25, 0.3) is 22.1 Å². The van der Waals surface area contributed by atoms with Crippen molar-refractivity contribution in [3.63, 3.8) is 0 Å². The number of benzene rings is 2. The zero-order valence-electron chi connectivity index (χ0n) is 11.8. The van der Waals surface area contributed by atoms with E-state index in [1.165, 1.54) is 6.07 Å². The van der Waals surface area contributed by atoms with Crippen LogP contribution < -0.4 is 15.1 Å². The van der Waals surface area contributed by atoms with Gasteiger partial charge in [0.25, 0.3) is 0 Å². The molecule has 0 amide bonds. The summed E-state index contributed by atoms with van der Waals surface area (Å²) in [4.78, 5) is 11.8. The van der Waals surface area contributed by atoms with Crippen molar-refractivity contribution in [3.05, 3.63) is 59.0 Å². The molecule has 1 heterocycles. The fraction of sp³-hybridized carbons (Fsp3) is 0.118. The molecule has 4 nitrogen and oxygen atoms in total. The zero-order chi connectivity index (χ0) is 14.8. The zero-order valence-corrected chi connectivity index (χ0v) is 11.8. The Balaban J connectivity index is 2.23. The van der Waals surface area contributed by atoms with Crippen LogP contribution in [0, 0.1) is 0 Å². The highest BCUT2D eigenvalue weighted by molar-refractivity contribution is 5.93. The van der Waals surface area contributed by atoms with Crippen LogP contribution in [0.2, 0.25) is 0 Å². The summed E-state index contributed by atoms with van der Waals surface area (Å²) in [5, 5.41) is 0.862. The van der Waals surface area contributed by atoms with E-state index in [2.05, 4.69) is 0 Å². The first-order chi connectivity index (χ1) is 10.2. The maximum atomic E-state index is 11.8. The Hall–Kier alpha value is -2.75. The van der Waals surface area contributed by atoms with Crippen LogP contribution in [0.4, 0.5) is 0 Å². The number of hydrogen-bond donors (Lipinski definition) is 0. The lowest BCUT2D eigenvalue weighted by Crippen LogP contribution is -1.98. The van der Waals surface area contributed by atoms with Crippen molar-refractivity contribution in [2.24, 2.45) is 0 Å². The van der Waals surface area contributed by atoms with Crippen LogP contribution >= 0.6 is 0 Å². The Labute approximate surface area is 121 Å². The predicted octanol–water partition coefficient (Wildman–Crippen LogP) is 3.48. The average molecular weight is 282 g/mol. The number of fused-ring (bicyclic) bond motifs is 1. The van der Waals surface area contributed by atoms with E-state index in [9.17, 15) is 4.79 Å². The summed E-state index contributed by atoms with van der Waals surface area (Å²) in [7, 11) is 3.19. The lowest BCUT2D eigenvalue weighted by Gasteiger charge is -2.08. The van der Waals surface area contributed by atoms with Crippen LogP contribution in [-0.4, -0.2) is 14.2 Å². The summed E-state index contributed by atoms with van der Waals surface area (Å²) >= 11 is 0. The van der Waals surface area contributed by atoms with Crippen LogP contribution in [0.1, 0.15) is 0 Å². The van der Waals surface area contributed by atoms with Gasteiger partial charge in [0.05, 0.1) is 14.2 Å². The van der Waals surface area contributed by atoms with E-state index < -0.39 is 0 Å². The number of hydrogen-bond acceptors (Lipinski definition) is 4. The van der Waals surface area contributed by atoms with Gasteiger partial charge in [0.2, 0.25) is 0 Å². The van der Waals surface area contributed by atoms with Gasteiger partial charge in [-0.05, 0) is 35.4 Å². The molecule has 21 heavy (non-hydrogen) atoms. The molecule has 1 aromatic heterocycles. The molecule has 0 saturated carbocycles. The summed E-state index contributed by atoms with van der Waals surface area (Å²) in [6.45, 7) is 0. The molecule has 0 radical (unpaired) electrons. The van der Waals surface area contributed by atoms with Crippen molar-refractivity contribution in [1.82, 2.24) is 0 Å². The lowest BCUT2D eigenvalue weighted by atomic mass is 10.0. The van der Waals surface area contributed by atoms with Crippen molar-refractivity contribution >= 4 is 11.0 Å². The molecular formula is C17H14O4. The average Bonchev–Trinajstić information content (AvgIpc) is 2.53. The second-order valence-electron chi connectivity index (χ2n) is 4.57. The first kappa shape index (κ1) is 13.2. The van der Waals surface area contributed by atoms with Crippen molar-refractivity contribution in [2.75, 3.05) is 14.2 Å². The van der Waals surface area contributed by atoms with E-state index in [1.807, 2.05) is 36.4 Å². The molecule has 0 atom stereocenters. The Morgan fingerprint density at radius 1 is 0.857 bits per heavy atom. The normalized spacial score (nSPS) is 10.6. The van der Waals surface area contributed by atoms with E-state index in [4.69, 9.17) is 13.9 Å². The molecule has 0 bridgehead atoms. The van der Waals surface area contributed by atoms with Crippen molar-refractivity contribution < 1.29 is 13.9 Å². The van der Waals surface area contributed by atoms with Crippen LogP contribution in [-0.2, 0) is 0 Å². The third kappa shape index (κ3) is 2.48. The van der Waals surface area contributed by atoms with Crippen LogP contribution in [0.5, 0.6) is 11.5 Å². The van der Waals surface area contributed by atoms with Gasteiger partial charge < -0.3 is 13.9 Å².